The Bertz CT molecular complexity index is 435. The number of rotatable bonds is 33. The Kier molecular flexibility index (Phi) is 36.7. The highest BCUT2D eigenvalue weighted by molar-refractivity contribution is 7.19. The van der Waals surface area contributed by atoms with E-state index in [4.69, 9.17) is 0 Å². The molecule has 0 bridgehead atoms. The van der Waals surface area contributed by atoms with Gasteiger partial charge in [-0.3, -0.25) is 0 Å². The number of hydrogen-bond donors (Lipinski definition) is 0. The molecule has 0 saturated heterocycles. The lowest BCUT2D eigenvalue weighted by Crippen LogP contribution is -2.32. The lowest BCUT2D eigenvalue weighted by Gasteiger charge is -2.39. The van der Waals surface area contributed by atoms with Crippen LogP contribution in [0.5, 0.6) is 0 Å². The summed E-state index contributed by atoms with van der Waals surface area (Å²) in [6.07, 6.45) is 46.6. The van der Waals surface area contributed by atoms with Crippen LogP contribution in [0.2, 0.25) is 0 Å². The van der Waals surface area contributed by atoms with E-state index in [1.807, 2.05) is 0 Å². The van der Waals surface area contributed by atoms with Gasteiger partial charge in [-0.1, -0.05) is 207 Å². The predicted octanol–water partition coefficient (Wildman–Crippen LogP) is 15.2. The Morgan fingerprint density at radius 2 is 0.575 bits per heavy atom. The van der Waals surface area contributed by atoms with Crippen molar-refractivity contribution in [2.24, 2.45) is 5.92 Å². The molecule has 0 N–H and O–H groups in total. The van der Waals surface area contributed by atoms with Gasteiger partial charge in [-0.05, 0) is 36.8 Å². The molecule has 0 aliphatic heterocycles. The maximum absolute atomic E-state index is 3.55. The topological polar surface area (TPSA) is 0 Å². The summed E-state index contributed by atoms with van der Waals surface area (Å²) in [5.41, 5.74) is 0. The van der Waals surface area contributed by atoms with E-state index in [0.717, 1.165) is 5.92 Å². The molecule has 0 aliphatic carbocycles. The fourth-order valence-corrected chi connectivity index (χ4v) is 7.51. The van der Waals surface area contributed by atoms with Gasteiger partial charge in [0.05, 0.1) is 0 Å². The zero-order chi connectivity index (χ0) is 28.7. The first kappa shape index (κ1) is 42.9. The predicted molar refractivity (Wildman–Crippen MR) is 194 cm³/mol. The summed E-state index contributed by atoms with van der Waals surface area (Å²) in [4.78, 5) is 0. The first-order chi connectivity index (χ1) is 19.1. The molecule has 40 heavy (non-hydrogen) atoms. The van der Waals surface area contributed by atoms with Gasteiger partial charge in [0.2, 0.25) is 0 Å². The maximum atomic E-state index is 3.55. The van der Waals surface area contributed by atoms with Crippen LogP contribution >= 0.6 is 21.6 Å². The molecule has 0 spiro atoms. The van der Waals surface area contributed by atoms with Crippen LogP contribution in [0.3, 0.4) is 0 Å². The van der Waals surface area contributed by atoms with Crippen LogP contribution in [-0.2, 0) is 0 Å². The van der Waals surface area contributed by atoms with Crippen LogP contribution in [0, 0.1) is 5.92 Å². The molecule has 2 atom stereocenters. The molecule has 0 amide bonds. The largest absolute Gasteiger partial charge is 0.147 e. The molecule has 0 aromatic rings. The fourth-order valence-electron chi connectivity index (χ4n) is 6.77. The van der Waals surface area contributed by atoms with Gasteiger partial charge in [0.25, 0.3) is 0 Å². The Labute approximate surface area is 265 Å². The molecule has 244 valence electrons. The molecule has 0 aliphatic rings. The second-order valence-electron chi connectivity index (χ2n) is 13.5. The van der Waals surface area contributed by atoms with Crippen molar-refractivity contribution in [1.82, 2.24) is 0 Å². The van der Waals surface area contributed by atoms with Gasteiger partial charge in [-0.25, -0.2) is 0 Å². The Morgan fingerprint density at radius 1 is 0.350 bits per heavy atom. The summed E-state index contributed by atoms with van der Waals surface area (Å²) in [6, 6.07) is 0. The Morgan fingerprint density at radius 3 is 0.850 bits per heavy atom. The third-order valence-corrected chi connectivity index (χ3v) is 10.7. The molecule has 0 heterocycles. The summed E-state index contributed by atoms with van der Waals surface area (Å²) in [6.45, 7) is 9.35. The average molecular weight is 603 g/mol. The van der Waals surface area contributed by atoms with Crippen molar-refractivity contribution >= 4 is 21.6 Å². The minimum Gasteiger partial charge on any atom is -0.147 e. The van der Waals surface area contributed by atoms with Gasteiger partial charge >= 0.3 is 0 Å². The molecule has 0 rings (SSSR count). The third-order valence-electron chi connectivity index (χ3n) is 9.62. The minimum absolute atomic E-state index is 0. The van der Waals surface area contributed by atoms with Crippen LogP contribution < -0.4 is 0 Å². The lowest BCUT2D eigenvalue weighted by atomic mass is 9.77. The first-order valence-corrected chi connectivity index (χ1v) is 19.5. The van der Waals surface area contributed by atoms with E-state index in [1.54, 1.807) is 0 Å². The standard InChI is InChI=1S/C38H79P.ClH/c1-5-9-13-17-21-22-23-24-26-30-34-37(33-29-25-18-14-10-6-2)38(39,35-31-27-19-15-11-7-3)36-32-28-20-16-12-8-4;/h37H,5-36,39H2,1-4H3;1H. The summed E-state index contributed by atoms with van der Waals surface area (Å²) in [5.74, 6) is 0.939. The van der Waals surface area contributed by atoms with Gasteiger partial charge in [0, 0.05) is 0 Å². The molecule has 0 nitrogen and oxygen atoms in total. The Hall–Kier alpha value is 0.720. The SMILES string of the molecule is CCCCCCCCCCCCC(CCCCCCCC)C(P)(CCCCCCCC)CCCCCCCC.Cl. The van der Waals surface area contributed by atoms with Crippen molar-refractivity contribution in [3.05, 3.63) is 0 Å². The van der Waals surface area contributed by atoms with Crippen LogP contribution in [0.25, 0.3) is 0 Å². The zero-order valence-corrected chi connectivity index (χ0v) is 30.7. The van der Waals surface area contributed by atoms with Crippen molar-refractivity contribution in [3.8, 4) is 0 Å². The Balaban J connectivity index is 0. The van der Waals surface area contributed by atoms with Crippen LogP contribution in [0.4, 0.5) is 0 Å². The van der Waals surface area contributed by atoms with E-state index >= 15 is 0 Å². The number of hydrogen-bond acceptors (Lipinski definition) is 0. The zero-order valence-electron chi connectivity index (χ0n) is 28.7. The fraction of sp³-hybridized carbons (Fsp3) is 1.00. The van der Waals surface area contributed by atoms with Crippen molar-refractivity contribution in [3.63, 3.8) is 0 Å². The molecular formula is C38H80ClP. The molecule has 0 aromatic carbocycles. The van der Waals surface area contributed by atoms with Crippen molar-refractivity contribution < 1.29 is 0 Å². The molecular weight excluding hydrogens is 523 g/mol. The number of halogens is 1. The van der Waals surface area contributed by atoms with Crippen molar-refractivity contribution in [2.45, 2.75) is 238 Å². The molecule has 2 unspecified atom stereocenters. The van der Waals surface area contributed by atoms with E-state index in [-0.39, 0.29) is 12.4 Å². The summed E-state index contributed by atoms with van der Waals surface area (Å²) < 4.78 is 0. The van der Waals surface area contributed by atoms with E-state index in [2.05, 4.69) is 36.9 Å². The van der Waals surface area contributed by atoms with Crippen molar-refractivity contribution in [1.29, 1.82) is 0 Å². The van der Waals surface area contributed by atoms with Gasteiger partial charge < -0.3 is 0 Å². The van der Waals surface area contributed by atoms with Gasteiger partial charge in [-0.15, -0.1) is 21.6 Å². The average Bonchev–Trinajstić information content (AvgIpc) is 2.94. The van der Waals surface area contributed by atoms with E-state index < -0.39 is 0 Å². The minimum atomic E-state index is 0. The van der Waals surface area contributed by atoms with Crippen LogP contribution in [0.15, 0.2) is 0 Å². The quantitative estimate of drug-likeness (QED) is 0.0517. The highest BCUT2D eigenvalue weighted by Gasteiger charge is 2.32. The van der Waals surface area contributed by atoms with Crippen molar-refractivity contribution in [2.75, 3.05) is 0 Å². The van der Waals surface area contributed by atoms with Gasteiger partial charge in [0.15, 0.2) is 0 Å². The number of unbranched alkanes of at least 4 members (excludes halogenated alkanes) is 24. The van der Waals surface area contributed by atoms with E-state index in [1.165, 1.54) is 205 Å². The molecule has 0 radical (unpaired) electrons. The van der Waals surface area contributed by atoms with Crippen LogP contribution in [-0.4, -0.2) is 5.16 Å². The normalized spacial score (nSPS) is 12.5. The highest BCUT2D eigenvalue weighted by Crippen LogP contribution is 2.44. The summed E-state index contributed by atoms with van der Waals surface area (Å²) in [7, 11) is 3.55. The maximum Gasteiger partial charge on any atom is -0.0122 e. The van der Waals surface area contributed by atoms with Gasteiger partial charge in [0.1, 0.15) is 0 Å². The van der Waals surface area contributed by atoms with Crippen LogP contribution in [0.1, 0.15) is 233 Å². The highest BCUT2D eigenvalue weighted by atomic mass is 35.5. The molecule has 2 heteroatoms. The van der Waals surface area contributed by atoms with E-state index in [9.17, 15) is 0 Å². The monoisotopic (exact) mass is 603 g/mol. The third kappa shape index (κ3) is 27.5. The van der Waals surface area contributed by atoms with Gasteiger partial charge in [-0.2, -0.15) is 0 Å². The molecule has 0 saturated carbocycles. The second-order valence-corrected chi connectivity index (χ2v) is 14.6. The second kappa shape index (κ2) is 34.2. The first-order valence-electron chi connectivity index (χ1n) is 18.9. The summed E-state index contributed by atoms with van der Waals surface area (Å²) >= 11 is 0. The summed E-state index contributed by atoms with van der Waals surface area (Å²) in [5, 5.41) is 0.512. The molecule has 0 aromatic heterocycles. The lowest BCUT2D eigenvalue weighted by molar-refractivity contribution is 0.269. The molecule has 0 fully saturated rings. The smallest absolute Gasteiger partial charge is 0.0122 e. The van der Waals surface area contributed by atoms with E-state index in [0.29, 0.717) is 5.16 Å².